The van der Waals surface area contributed by atoms with Crippen molar-refractivity contribution < 1.29 is 8.42 Å². The number of hydrogen-bond acceptors (Lipinski definition) is 3. The smallest absolute Gasteiger partial charge is 0.178 e. The molecular weight excluding hydrogens is 336 g/mol. The highest BCUT2D eigenvalue weighted by molar-refractivity contribution is 9.10. The van der Waals surface area contributed by atoms with Crippen LogP contribution in [0.25, 0.3) is 11.0 Å². The number of fused-ring (bicyclic) bond motifs is 1. The summed E-state index contributed by atoms with van der Waals surface area (Å²) in [6.45, 7) is 1.85. The Morgan fingerprint density at radius 3 is 2.78 bits per heavy atom. The van der Waals surface area contributed by atoms with Gasteiger partial charge in [0.05, 0.1) is 16.8 Å². The van der Waals surface area contributed by atoms with Crippen LogP contribution < -0.4 is 0 Å². The lowest BCUT2D eigenvalue weighted by Crippen LogP contribution is -2.16. The van der Waals surface area contributed by atoms with Crippen molar-refractivity contribution in [3.8, 4) is 0 Å². The summed E-state index contributed by atoms with van der Waals surface area (Å²) >= 11 is 8.65. The molecule has 4 nitrogen and oxygen atoms in total. The van der Waals surface area contributed by atoms with Gasteiger partial charge in [-0.1, -0.05) is 15.9 Å². The molecule has 1 heterocycles. The zero-order valence-corrected chi connectivity index (χ0v) is 13.2. The zero-order valence-electron chi connectivity index (χ0n) is 9.97. The Labute approximate surface area is 119 Å². The molecule has 0 spiro atoms. The van der Waals surface area contributed by atoms with Crippen LogP contribution in [0.2, 0.25) is 0 Å². The van der Waals surface area contributed by atoms with Crippen molar-refractivity contribution >= 4 is 49.0 Å². The van der Waals surface area contributed by atoms with Crippen molar-refractivity contribution in [1.29, 1.82) is 0 Å². The van der Waals surface area contributed by atoms with Gasteiger partial charge >= 0.3 is 0 Å². The first-order chi connectivity index (χ1) is 8.28. The molecule has 0 aliphatic heterocycles. The second-order valence-corrected chi connectivity index (χ2v) is 7.89. The number of hydrogen-bond donors (Lipinski definition) is 1. The van der Waals surface area contributed by atoms with Gasteiger partial charge in [0.1, 0.15) is 9.84 Å². The lowest BCUT2D eigenvalue weighted by molar-refractivity contribution is 0.566. The van der Waals surface area contributed by atoms with E-state index in [9.17, 15) is 8.42 Å². The van der Waals surface area contributed by atoms with Crippen LogP contribution in [-0.2, 0) is 9.84 Å². The predicted molar refractivity (Wildman–Crippen MR) is 79.2 cm³/mol. The van der Waals surface area contributed by atoms with Gasteiger partial charge < -0.3 is 9.55 Å². The molecule has 0 bridgehead atoms. The molecule has 7 heteroatoms. The maximum absolute atomic E-state index is 11.4. The molecule has 0 saturated carbocycles. The molecule has 0 aliphatic carbocycles. The van der Waals surface area contributed by atoms with Crippen molar-refractivity contribution in [2.45, 2.75) is 13.0 Å². The van der Waals surface area contributed by atoms with Crippen molar-refractivity contribution in [3.63, 3.8) is 0 Å². The molecule has 0 aliphatic rings. The normalized spacial score (nSPS) is 13.9. The Balaban J connectivity index is 2.57. The van der Waals surface area contributed by atoms with E-state index in [1.165, 1.54) is 6.26 Å². The molecule has 1 atom stereocenters. The molecule has 1 unspecified atom stereocenters. The van der Waals surface area contributed by atoms with Gasteiger partial charge in [-0.3, -0.25) is 0 Å². The molecule has 1 aromatic heterocycles. The average Bonchev–Trinajstić information content (AvgIpc) is 2.50. The maximum atomic E-state index is 11.4. The number of H-pyrrole nitrogens is 1. The fraction of sp³-hybridized carbons (Fsp3) is 0.364. The van der Waals surface area contributed by atoms with E-state index in [1.54, 1.807) is 0 Å². The monoisotopic (exact) mass is 348 g/mol. The molecule has 1 N–H and O–H groups in total. The summed E-state index contributed by atoms with van der Waals surface area (Å²) in [7, 11) is -3.03. The van der Waals surface area contributed by atoms with Gasteiger partial charge in [0.15, 0.2) is 4.77 Å². The minimum atomic E-state index is -3.03. The minimum absolute atomic E-state index is 0.0737. The van der Waals surface area contributed by atoms with Crippen molar-refractivity contribution in [3.05, 3.63) is 27.4 Å². The van der Waals surface area contributed by atoms with E-state index in [0.29, 0.717) is 4.77 Å². The van der Waals surface area contributed by atoms with Crippen molar-refractivity contribution in [1.82, 2.24) is 9.55 Å². The quantitative estimate of drug-likeness (QED) is 0.867. The molecule has 2 rings (SSSR count). The third-order valence-electron chi connectivity index (χ3n) is 2.66. The van der Waals surface area contributed by atoms with E-state index in [1.807, 2.05) is 29.7 Å². The number of imidazole rings is 1. The highest BCUT2D eigenvalue weighted by Crippen LogP contribution is 2.23. The van der Waals surface area contributed by atoms with E-state index in [4.69, 9.17) is 12.2 Å². The second kappa shape index (κ2) is 4.79. The van der Waals surface area contributed by atoms with Crippen LogP contribution in [0, 0.1) is 4.77 Å². The van der Waals surface area contributed by atoms with E-state index in [0.717, 1.165) is 15.5 Å². The van der Waals surface area contributed by atoms with Gasteiger partial charge in [0.25, 0.3) is 0 Å². The zero-order chi connectivity index (χ0) is 13.5. The highest BCUT2D eigenvalue weighted by atomic mass is 79.9. The fourth-order valence-corrected chi connectivity index (χ4v) is 3.83. The summed E-state index contributed by atoms with van der Waals surface area (Å²) in [5.41, 5.74) is 1.81. The van der Waals surface area contributed by atoms with Crippen LogP contribution in [0.15, 0.2) is 22.7 Å². The number of aromatic nitrogens is 2. The lowest BCUT2D eigenvalue weighted by atomic mass is 10.3. The number of nitrogens with zero attached hydrogens (tertiary/aromatic N) is 1. The Bertz CT molecular complexity index is 746. The first kappa shape index (κ1) is 13.8. The van der Waals surface area contributed by atoms with Crippen LogP contribution in [0.4, 0.5) is 0 Å². The molecular formula is C11H13BrN2O2S2. The summed E-state index contributed by atoms with van der Waals surface area (Å²) in [5.74, 6) is 0.0737. The number of rotatable bonds is 3. The number of benzene rings is 1. The summed E-state index contributed by atoms with van der Waals surface area (Å²) in [5, 5.41) is 0. The van der Waals surface area contributed by atoms with Gasteiger partial charge in [-0.2, -0.15) is 0 Å². The molecule has 2 aromatic rings. The first-order valence-corrected chi connectivity index (χ1v) is 8.61. The number of halogens is 1. The molecule has 0 amide bonds. The van der Waals surface area contributed by atoms with Gasteiger partial charge in [0.2, 0.25) is 0 Å². The van der Waals surface area contributed by atoms with E-state index in [2.05, 4.69) is 20.9 Å². The highest BCUT2D eigenvalue weighted by Gasteiger charge is 2.16. The summed E-state index contributed by atoms with van der Waals surface area (Å²) in [6, 6.07) is 5.57. The standard InChI is InChI=1S/C11H13BrN2O2S2/c1-7(6-18(2,15)16)14-10-4-3-8(12)5-9(10)13-11(14)17/h3-5,7H,6H2,1-2H3,(H,13,17). The van der Waals surface area contributed by atoms with E-state index in [-0.39, 0.29) is 11.8 Å². The largest absolute Gasteiger partial charge is 0.331 e. The molecule has 0 saturated heterocycles. The molecule has 0 radical (unpaired) electrons. The summed E-state index contributed by atoms with van der Waals surface area (Å²) in [4.78, 5) is 3.09. The Kier molecular flexibility index (Phi) is 3.66. The van der Waals surface area contributed by atoms with Crippen LogP contribution in [0.3, 0.4) is 0 Å². The average molecular weight is 349 g/mol. The van der Waals surface area contributed by atoms with Crippen LogP contribution in [0.5, 0.6) is 0 Å². The first-order valence-electron chi connectivity index (χ1n) is 5.35. The topological polar surface area (TPSA) is 54.9 Å². The third kappa shape index (κ3) is 2.84. The predicted octanol–water partition coefficient (Wildman–Crippen LogP) is 3.07. The van der Waals surface area contributed by atoms with Crippen LogP contribution >= 0.6 is 28.1 Å². The summed E-state index contributed by atoms with van der Waals surface area (Å²) < 4.78 is 26.1. The number of aromatic amines is 1. The van der Waals surface area contributed by atoms with E-state index < -0.39 is 9.84 Å². The third-order valence-corrected chi connectivity index (χ3v) is 4.54. The summed E-state index contributed by atoms with van der Waals surface area (Å²) in [6.07, 6.45) is 1.23. The van der Waals surface area contributed by atoms with Crippen molar-refractivity contribution in [2.24, 2.45) is 0 Å². The Morgan fingerprint density at radius 2 is 2.17 bits per heavy atom. The molecule has 1 aromatic carbocycles. The SMILES string of the molecule is CC(CS(C)(=O)=O)n1c(=S)[nH]c2cc(Br)ccc21. The maximum Gasteiger partial charge on any atom is 0.178 e. The van der Waals surface area contributed by atoms with Gasteiger partial charge in [-0.15, -0.1) is 0 Å². The van der Waals surface area contributed by atoms with Crippen LogP contribution in [-0.4, -0.2) is 30.0 Å². The molecule has 0 fully saturated rings. The van der Waals surface area contributed by atoms with Gasteiger partial charge in [0, 0.05) is 16.8 Å². The Hall–Kier alpha value is -0.660. The van der Waals surface area contributed by atoms with E-state index >= 15 is 0 Å². The fourth-order valence-electron chi connectivity index (χ4n) is 2.05. The molecule has 98 valence electrons. The second-order valence-electron chi connectivity index (χ2n) is 4.40. The number of sulfone groups is 1. The Morgan fingerprint density at radius 1 is 1.50 bits per heavy atom. The molecule has 18 heavy (non-hydrogen) atoms. The number of nitrogens with one attached hydrogen (secondary N) is 1. The lowest BCUT2D eigenvalue weighted by Gasteiger charge is -2.13. The minimum Gasteiger partial charge on any atom is -0.331 e. The van der Waals surface area contributed by atoms with Gasteiger partial charge in [-0.05, 0) is 37.3 Å². The van der Waals surface area contributed by atoms with Crippen molar-refractivity contribution in [2.75, 3.05) is 12.0 Å². The van der Waals surface area contributed by atoms with Crippen LogP contribution in [0.1, 0.15) is 13.0 Å². The van der Waals surface area contributed by atoms with Gasteiger partial charge in [-0.25, -0.2) is 8.42 Å².